The van der Waals surface area contributed by atoms with E-state index in [0.717, 1.165) is 16.7 Å². The summed E-state index contributed by atoms with van der Waals surface area (Å²) in [5.74, 6) is -0.246. The van der Waals surface area contributed by atoms with Gasteiger partial charge in [-0.2, -0.15) is 0 Å². The van der Waals surface area contributed by atoms with E-state index in [-0.39, 0.29) is 18.6 Å². The van der Waals surface area contributed by atoms with Gasteiger partial charge < -0.3 is 14.6 Å². The summed E-state index contributed by atoms with van der Waals surface area (Å²) in [6.07, 6.45) is 4.06. The molecule has 0 saturated heterocycles. The number of phosphoric acid groups is 1. The van der Waals surface area contributed by atoms with Gasteiger partial charge in [-0.25, -0.2) is 9.55 Å². The van der Waals surface area contributed by atoms with Crippen molar-refractivity contribution in [3.05, 3.63) is 24.3 Å². The molecular formula is C17H26N3O5P. The average molecular weight is 383 g/mol. The quantitative estimate of drug-likeness (QED) is 0.765. The molecule has 4 atom stereocenters. The molecule has 2 aromatic rings. The highest BCUT2D eigenvalue weighted by Gasteiger charge is 2.37. The molecule has 2 N–H and O–H groups in total. The van der Waals surface area contributed by atoms with Gasteiger partial charge >= 0.3 is 7.82 Å². The molecule has 2 aromatic heterocycles. The van der Waals surface area contributed by atoms with E-state index in [1.165, 1.54) is 0 Å². The largest absolute Gasteiger partial charge is 0.472 e. The third-order valence-electron chi connectivity index (χ3n) is 4.54. The van der Waals surface area contributed by atoms with Crippen molar-refractivity contribution in [1.82, 2.24) is 14.5 Å². The Morgan fingerprint density at radius 1 is 1.35 bits per heavy atom. The molecule has 9 heteroatoms. The van der Waals surface area contributed by atoms with Gasteiger partial charge in [-0.15, -0.1) is 0 Å². The van der Waals surface area contributed by atoms with E-state index in [0.29, 0.717) is 12.8 Å². The highest BCUT2D eigenvalue weighted by Crippen LogP contribution is 2.48. The SMILES string of the molecule is Cc1nccc2c1ncn2C1CC(O)C(COP(=O)(O)OC(C)(C)C)C1. The number of pyridine rings is 1. The number of imidazole rings is 1. The molecule has 2 heterocycles. The van der Waals surface area contributed by atoms with Gasteiger partial charge in [0.25, 0.3) is 0 Å². The number of nitrogens with zero attached hydrogens (tertiary/aromatic N) is 3. The second-order valence-electron chi connectivity index (χ2n) is 7.84. The van der Waals surface area contributed by atoms with Gasteiger partial charge in [-0.3, -0.25) is 14.0 Å². The van der Waals surface area contributed by atoms with Crippen molar-refractivity contribution in [3.8, 4) is 0 Å². The summed E-state index contributed by atoms with van der Waals surface area (Å²) < 4.78 is 24.3. The number of hydrogen-bond donors (Lipinski definition) is 2. The minimum atomic E-state index is -4.16. The first-order chi connectivity index (χ1) is 12.1. The molecule has 0 amide bonds. The van der Waals surface area contributed by atoms with E-state index in [2.05, 4.69) is 9.97 Å². The van der Waals surface area contributed by atoms with Crippen LogP contribution in [0.3, 0.4) is 0 Å². The van der Waals surface area contributed by atoms with E-state index >= 15 is 0 Å². The third-order valence-corrected chi connectivity index (χ3v) is 5.80. The van der Waals surface area contributed by atoms with Crippen molar-refractivity contribution >= 4 is 18.9 Å². The molecular weight excluding hydrogens is 357 g/mol. The monoisotopic (exact) mass is 383 g/mol. The van der Waals surface area contributed by atoms with Crippen LogP contribution in [0.5, 0.6) is 0 Å². The van der Waals surface area contributed by atoms with Crippen molar-refractivity contribution in [1.29, 1.82) is 0 Å². The molecule has 8 nitrogen and oxygen atoms in total. The molecule has 1 aliphatic carbocycles. The van der Waals surface area contributed by atoms with Crippen LogP contribution >= 0.6 is 7.82 Å². The Hall–Kier alpha value is -1.31. The number of phosphoric ester groups is 1. The first kappa shape index (κ1) is 19.5. The molecule has 1 saturated carbocycles. The van der Waals surface area contributed by atoms with Crippen LogP contribution in [0.4, 0.5) is 0 Å². The maximum absolute atomic E-state index is 12.0. The number of hydrogen-bond acceptors (Lipinski definition) is 6. The lowest BCUT2D eigenvalue weighted by molar-refractivity contribution is 0.0398. The Bertz CT molecular complexity index is 831. The Kier molecular flexibility index (Phi) is 5.25. The zero-order chi connectivity index (χ0) is 19.1. The summed E-state index contributed by atoms with van der Waals surface area (Å²) in [7, 11) is -4.16. The van der Waals surface area contributed by atoms with Gasteiger partial charge in [0.1, 0.15) is 5.52 Å². The average Bonchev–Trinajstić information content (AvgIpc) is 3.07. The number of aryl methyl sites for hydroxylation is 1. The summed E-state index contributed by atoms with van der Waals surface area (Å²) in [5, 5.41) is 10.4. The highest BCUT2D eigenvalue weighted by molar-refractivity contribution is 7.47. The summed E-state index contributed by atoms with van der Waals surface area (Å²) in [5.41, 5.74) is 1.89. The van der Waals surface area contributed by atoms with Crippen molar-refractivity contribution in [2.45, 2.75) is 58.3 Å². The van der Waals surface area contributed by atoms with Crippen LogP contribution in [0.15, 0.2) is 18.6 Å². The lowest BCUT2D eigenvalue weighted by Crippen LogP contribution is -2.21. The Balaban J connectivity index is 1.68. The van der Waals surface area contributed by atoms with E-state index in [4.69, 9.17) is 9.05 Å². The lowest BCUT2D eigenvalue weighted by Gasteiger charge is -2.24. The van der Waals surface area contributed by atoms with Crippen LogP contribution in [-0.2, 0) is 13.6 Å². The topological polar surface area (TPSA) is 107 Å². The van der Waals surface area contributed by atoms with E-state index in [1.54, 1.807) is 33.3 Å². The second kappa shape index (κ2) is 7.02. The lowest BCUT2D eigenvalue weighted by atomic mass is 10.1. The maximum Gasteiger partial charge on any atom is 0.472 e. The molecule has 144 valence electrons. The van der Waals surface area contributed by atoms with Crippen LogP contribution in [0, 0.1) is 12.8 Å². The molecule has 26 heavy (non-hydrogen) atoms. The van der Waals surface area contributed by atoms with E-state index in [9.17, 15) is 14.6 Å². The normalized spacial score (nSPS) is 26.3. The number of aliphatic hydroxyl groups excluding tert-OH is 1. The van der Waals surface area contributed by atoms with Gasteiger partial charge in [-0.1, -0.05) is 0 Å². The van der Waals surface area contributed by atoms with E-state index < -0.39 is 19.5 Å². The Morgan fingerprint density at radius 3 is 2.77 bits per heavy atom. The van der Waals surface area contributed by atoms with Gasteiger partial charge in [0.05, 0.1) is 35.8 Å². The minimum Gasteiger partial charge on any atom is -0.393 e. The number of aliphatic hydroxyl groups is 1. The summed E-state index contributed by atoms with van der Waals surface area (Å²) >= 11 is 0. The third kappa shape index (κ3) is 4.32. The zero-order valence-corrected chi connectivity index (χ0v) is 16.4. The predicted molar refractivity (Wildman–Crippen MR) is 96.6 cm³/mol. The first-order valence-corrected chi connectivity index (χ1v) is 10.2. The molecule has 0 spiro atoms. The summed E-state index contributed by atoms with van der Waals surface area (Å²) in [6, 6.07) is 1.96. The zero-order valence-electron chi connectivity index (χ0n) is 15.5. The fraction of sp³-hybridized carbons (Fsp3) is 0.647. The van der Waals surface area contributed by atoms with Crippen molar-refractivity contribution in [2.24, 2.45) is 5.92 Å². The minimum absolute atomic E-state index is 0.0330. The number of rotatable bonds is 5. The van der Waals surface area contributed by atoms with Crippen LogP contribution in [0.25, 0.3) is 11.0 Å². The van der Waals surface area contributed by atoms with Crippen LogP contribution in [0.2, 0.25) is 0 Å². The molecule has 1 fully saturated rings. The smallest absolute Gasteiger partial charge is 0.393 e. The molecule has 0 radical (unpaired) electrons. The second-order valence-corrected chi connectivity index (χ2v) is 9.21. The van der Waals surface area contributed by atoms with Crippen LogP contribution in [0.1, 0.15) is 45.3 Å². The molecule has 0 aromatic carbocycles. The Labute approximate surface area is 152 Å². The Morgan fingerprint density at radius 2 is 2.08 bits per heavy atom. The molecule has 0 bridgehead atoms. The van der Waals surface area contributed by atoms with Crippen molar-refractivity contribution in [3.63, 3.8) is 0 Å². The van der Waals surface area contributed by atoms with Crippen LogP contribution in [-0.4, -0.2) is 42.8 Å². The molecule has 0 aliphatic heterocycles. The molecule has 4 unspecified atom stereocenters. The van der Waals surface area contributed by atoms with Gasteiger partial charge in [0, 0.05) is 18.2 Å². The highest BCUT2D eigenvalue weighted by atomic mass is 31.2. The first-order valence-electron chi connectivity index (χ1n) is 8.70. The summed E-state index contributed by atoms with van der Waals surface area (Å²) in [6.45, 7) is 6.92. The van der Waals surface area contributed by atoms with E-state index in [1.807, 2.05) is 17.6 Å². The van der Waals surface area contributed by atoms with Crippen molar-refractivity contribution in [2.75, 3.05) is 6.61 Å². The van der Waals surface area contributed by atoms with Crippen molar-refractivity contribution < 1.29 is 23.6 Å². The number of aromatic nitrogens is 3. The van der Waals surface area contributed by atoms with Crippen LogP contribution < -0.4 is 0 Å². The predicted octanol–water partition coefficient (Wildman–Crippen LogP) is 2.98. The maximum atomic E-state index is 12.0. The molecule has 1 aliphatic rings. The standard InChI is InChI=1S/C17H26N3O5P/c1-11-16-14(5-6-18-11)20(10-19-16)13-7-12(15(21)8-13)9-24-26(22,23)25-17(2,3)4/h5-6,10,12-13,15,21H,7-9H2,1-4H3,(H,22,23). The van der Waals surface area contributed by atoms with Gasteiger partial charge in [0.2, 0.25) is 0 Å². The number of fused-ring (bicyclic) bond motifs is 1. The van der Waals surface area contributed by atoms with Gasteiger partial charge in [0.15, 0.2) is 0 Å². The fourth-order valence-electron chi connectivity index (χ4n) is 3.43. The fourth-order valence-corrected chi connectivity index (χ4v) is 4.55. The summed E-state index contributed by atoms with van der Waals surface area (Å²) in [4.78, 5) is 18.5. The van der Waals surface area contributed by atoms with Gasteiger partial charge in [-0.05, 0) is 46.6 Å². The molecule has 3 rings (SSSR count).